The van der Waals surface area contributed by atoms with E-state index in [2.05, 4.69) is 21.9 Å². The van der Waals surface area contributed by atoms with Gasteiger partial charge in [0.1, 0.15) is 35.0 Å². The van der Waals surface area contributed by atoms with Gasteiger partial charge in [-0.1, -0.05) is 24.8 Å². The van der Waals surface area contributed by atoms with Gasteiger partial charge in [-0.15, -0.1) is 0 Å². The molecule has 1 amide bonds. The topological polar surface area (TPSA) is 87.7 Å². The molecule has 35 heavy (non-hydrogen) atoms. The van der Waals surface area contributed by atoms with Crippen LogP contribution >= 0.6 is 0 Å². The highest BCUT2D eigenvalue weighted by atomic mass is 16.5. The van der Waals surface area contributed by atoms with Gasteiger partial charge in [-0.3, -0.25) is 9.59 Å². The van der Waals surface area contributed by atoms with Gasteiger partial charge in [0.25, 0.3) is 0 Å². The highest BCUT2D eigenvalue weighted by molar-refractivity contribution is 6.15. The molecule has 1 saturated heterocycles. The zero-order valence-corrected chi connectivity index (χ0v) is 20.0. The Hall–Kier alpha value is -4.20. The van der Waals surface area contributed by atoms with E-state index in [0.29, 0.717) is 41.6 Å². The second kappa shape index (κ2) is 10.8. The molecule has 0 bridgehead atoms. The molecule has 1 fully saturated rings. The molecular formula is C27H29N5O3. The molecule has 180 valence electrons. The number of piperidine rings is 1. The molecule has 8 heteroatoms. The molecule has 0 radical (unpaired) electrons. The van der Waals surface area contributed by atoms with Crippen LogP contribution in [0.2, 0.25) is 0 Å². The fourth-order valence-electron chi connectivity index (χ4n) is 4.09. The molecule has 8 nitrogen and oxygen atoms in total. The predicted molar refractivity (Wildman–Crippen MR) is 136 cm³/mol. The number of ketones is 1. The van der Waals surface area contributed by atoms with Crippen LogP contribution in [0.4, 0.5) is 11.6 Å². The third kappa shape index (κ3) is 5.66. The van der Waals surface area contributed by atoms with Crippen LogP contribution in [0.25, 0.3) is 0 Å². The van der Waals surface area contributed by atoms with Crippen LogP contribution in [0.15, 0.2) is 73.6 Å². The number of anilines is 2. The van der Waals surface area contributed by atoms with Gasteiger partial charge < -0.3 is 19.9 Å². The van der Waals surface area contributed by atoms with Crippen molar-refractivity contribution in [2.45, 2.75) is 18.9 Å². The number of rotatable bonds is 8. The maximum Gasteiger partial charge on any atom is 0.246 e. The van der Waals surface area contributed by atoms with Crippen molar-refractivity contribution in [3.63, 3.8) is 0 Å². The Balaban J connectivity index is 1.59. The van der Waals surface area contributed by atoms with Gasteiger partial charge in [-0.2, -0.15) is 0 Å². The number of aromatic nitrogens is 2. The fraction of sp³-hybridized carbons (Fsp3) is 0.259. The van der Waals surface area contributed by atoms with Crippen LogP contribution in [-0.2, 0) is 4.79 Å². The minimum absolute atomic E-state index is 0.0363. The lowest BCUT2D eigenvalue weighted by Gasteiger charge is -2.33. The molecule has 1 aliphatic heterocycles. The minimum atomic E-state index is -0.196. The summed E-state index contributed by atoms with van der Waals surface area (Å²) in [5.74, 6) is 2.04. The van der Waals surface area contributed by atoms with E-state index in [1.807, 2.05) is 44.4 Å². The Morgan fingerprint density at radius 1 is 1.09 bits per heavy atom. The van der Waals surface area contributed by atoms with Crippen molar-refractivity contribution in [1.82, 2.24) is 14.9 Å². The molecule has 3 aromatic rings. The number of ether oxygens (including phenoxy) is 1. The van der Waals surface area contributed by atoms with E-state index in [1.54, 1.807) is 34.1 Å². The molecule has 1 N–H and O–H groups in total. The highest BCUT2D eigenvalue weighted by Crippen LogP contribution is 2.28. The Morgan fingerprint density at radius 3 is 2.49 bits per heavy atom. The summed E-state index contributed by atoms with van der Waals surface area (Å²) < 4.78 is 5.85. The quantitative estimate of drug-likeness (QED) is 0.390. The van der Waals surface area contributed by atoms with Crippen molar-refractivity contribution in [1.29, 1.82) is 0 Å². The molecule has 2 heterocycles. The van der Waals surface area contributed by atoms with E-state index in [0.717, 1.165) is 18.6 Å². The fourth-order valence-corrected chi connectivity index (χ4v) is 4.09. The third-order valence-electron chi connectivity index (χ3n) is 5.82. The van der Waals surface area contributed by atoms with Gasteiger partial charge in [-0.05, 0) is 55.3 Å². The van der Waals surface area contributed by atoms with Gasteiger partial charge in [0, 0.05) is 38.8 Å². The van der Waals surface area contributed by atoms with E-state index < -0.39 is 0 Å². The van der Waals surface area contributed by atoms with E-state index >= 15 is 0 Å². The molecule has 4 rings (SSSR count). The van der Waals surface area contributed by atoms with Gasteiger partial charge in [0.05, 0.1) is 0 Å². The first kappa shape index (κ1) is 23.9. The lowest BCUT2D eigenvalue weighted by atomic mass is 10.0. The van der Waals surface area contributed by atoms with Gasteiger partial charge in [0.15, 0.2) is 5.78 Å². The summed E-state index contributed by atoms with van der Waals surface area (Å²) in [4.78, 5) is 38.1. The van der Waals surface area contributed by atoms with Crippen molar-refractivity contribution in [2.24, 2.45) is 0 Å². The average molecular weight is 472 g/mol. The lowest BCUT2D eigenvalue weighted by molar-refractivity contribution is -0.127. The summed E-state index contributed by atoms with van der Waals surface area (Å²) in [6.07, 6.45) is 4.49. The molecule has 1 aliphatic rings. The molecule has 2 aromatic carbocycles. The largest absolute Gasteiger partial charge is 0.457 e. The Bertz CT molecular complexity index is 1200. The van der Waals surface area contributed by atoms with Crippen LogP contribution in [0.5, 0.6) is 11.5 Å². The van der Waals surface area contributed by atoms with Gasteiger partial charge >= 0.3 is 0 Å². The van der Waals surface area contributed by atoms with Crippen LogP contribution in [0.3, 0.4) is 0 Å². The molecule has 1 unspecified atom stereocenters. The normalized spacial score (nSPS) is 15.3. The maximum atomic E-state index is 13.7. The van der Waals surface area contributed by atoms with E-state index in [-0.39, 0.29) is 17.7 Å². The molecule has 1 aromatic heterocycles. The summed E-state index contributed by atoms with van der Waals surface area (Å²) in [7, 11) is 3.68. The number of carbonyl (C=O) groups excluding carboxylic acids is 2. The summed E-state index contributed by atoms with van der Waals surface area (Å²) >= 11 is 0. The van der Waals surface area contributed by atoms with Crippen LogP contribution < -0.4 is 15.0 Å². The first-order valence-corrected chi connectivity index (χ1v) is 11.5. The van der Waals surface area contributed by atoms with Crippen LogP contribution in [0, 0.1) is 0 Å². The Labute approximate surface area is 205 Å². The molecule has 0 saturated carbocycles. The number of hydrogen-bond acceptors (Lipinski definition) is 7. The average Bonchev–Trinajstić information content (AvgIpc) is 2.89. The van der Waals surface area contributed by atoms with E-state index in [9.17, 15) is 9.59 Å². The maximum absolute atomic E-state index is 13.7. The van der Waals surface area contributed by atoms with Crippen molar-refractivity contribution >= 4 is 23.3 Å². The standard InChI is InChI=1S/C27H29N5O3/c1-4-23(33)32-16-8-9-20(17-32)30-26-24(27(31(2)3)29-18-28-26)25(34)19-12-14-22(15-13-19)35-21-10-6-5-7-11-21/h4-7,10-15,18,20H,1,8-9,16-17H2,2-3H3,(H,28,29,30). The Morgan fingerprint density at radius 2 is 1.80 bits per heavy atom. The third-order valence-corrected chi connectivity index (χ3v) is 5.82. The zero-order chi connectivity index (χ0) is 24.8. The van der Waals surface area contributed by atoms with Crippen LogP contribution in [0.1, 0.15) is 28.8 Å². The number of nitrogens with zero attached hydrogens (tertiary/aromatic N) is 4. The second-order valence-corrected chi connectivity index (χ2v) is 8.56. The molecule has 1 atom stereocenters. The summed E-state index contributed by atoms with van der Waals surface area (Å²) in [5.41, 5.74) is 0.889. The van der Waals surface area contributed by atoms with Crippen molar-refractivity contribution < 1.29 is 14.3 Å². The number of hydrogen-bond donors (Lipinski definition) is 1. The molecular weight excluding hydrogens is 442 g/mol. The smallest absolute Gasteiger partial charge is 0.246 e. The minimum Gasteiger partial charge on any atom is -0.457 e. The van der Waals surface area contributed by atoms with Crippen molar-refractivity contribution in [2.75, 3.05) is 37.4 Å². The Kier molecular flexibility index (Phi) is 7.40. The number of nitrogens with one attached hydrogen (secondary N) is 1. The summed E-state index contributed by atoms with van der Waals surface area (Å²) in [6, 6.07) is 16.4. The van der Waals surface area contributed by atoms with E-state index in [1.165, 1.54) is 12.4 Å². The lowest BCUT2D eigenvalue weighted by Crippen LogP contribution is -2.44. The van der Waals surface area contributed by atoms with Crippen molar-refractivity contribution in [3.8, 4) is 11.5 Å². The monoisotopic (exact) mass is 471 g/mol. The number of para-hydroxylation sites is 1. The zero-order valence-electron chi connectivity index (χ0n) is 20.0. The van der Waals surface area contributed by atoms with Gasteiger partial charge in [0.2, 0.25) is 5.91 Å². The summed E-state index contributed by atoms with van der Waals surface area (Å²) in [5, 5.41) is 3.40. The second-order valence-electron chi connectivity index (χ2n) is 8.56. The number of amides is 1. The summed E-state index contributed by atoms with van der Waals surface area (Å²) in [6.45, 7) is 4.80. The number of benzene rings is 2. The SMILES string of the molecule is C=CC(=O)N1CCCC(Nc2ncnc(N(C)C)c2C(=O)c2ccc(Oc3ccccc3)cc2)C1. The van der Waals surface area contributed by atoms with Crippen LogP contribution in [-0.4, -0.2) is 59.8 Å². The van der Waals surface area contributed by atoms with Crippen molar-refractivity contribution in [3.05, 3.63) is 84.7 Å². The molecule has 0 aliphatic carbocycles. The molecule has 0 spiro atoms. The predicted octanol–water partition coefficient (Wildman–Crippen LogP) is 4.15. The first-order valence-electron chi connectivity index (χ1n) is 11.5. The van der Waals surface area contributed by atoms with E-state index in [4.69, 9.17) is 4.74 Å². The number of carbonyl (C=O) groups is 2. The number of likely N-dealkylation sites (tertiary alicyclic amines) is 1. The van der Waals surface area contributed by atoms with Gasteiger partial charge in [-0.25, -0.2) is 9.97 Å². The highest BCUT2D eigenvalue weighted by Gasteiger charge is 2.27. The first-order chi connectivity index (χ1) is 17.0.